The highest BCUT2D eigenvalue weighted by Crippen LogP contribution is 2.41. The summed E-state index contributed by atoms with van der Waals surface area (Å²) >= 11 is 1.85. The SMILES string of the molecule is c1ccc(-c2ccc(N(c3ccc(-c4ccc5c(ccc6oc(-c7ccccc7)nc65)c4)cc3)c3ccc4c(c3)sc3ccccc34)cc2)cc1. The van der Waals surface area contributed by atoms with Crippen LogP contribution < -0.4 is 4.90 Å². The van der Waals surface area contributed by atoms with E-state index in [2.05, 4.69) is 150 Å². The summed E-state index contributed by atoms with van der Waals surface area (Å²) in [6, 6.07) is 64.7. The van der Waals surface area contributed by atoms with E-state index in [0.717, 1.165) is 55.6 Å². The average molecular weight is 671 g/mol. The Morgan fingerprint density at radius 2 is 0.980 bits per heavy atom. The maximum absolute atomic E-state index is 6.14. The third-order valence-corrected chi connectivity index (χ3v) is 10.8. The Labute approximate surface area is 299 Å². The highest BCUT2D eigenvalue weighted by molar-refractivity contribution is 7.25. The van der Waals surface area contributed by atoms with Crippen molar-refractivity contribution in [2.24, 2.45) is 0 Å². The smallest absolute Gasteiger partial charge is 0.227 e. The van der Waals surface area contributed by atoms with Gasteiger partial charge in [-0.15, -0.1) is 11.3 Å². The zero-order valence-corrected chi connectivity index (χ0v) is 28.3. The maximum atomic E-state index is 6.14. The van der Waals surface area contributed by atoms with Crippen molar-refractivity contribution in [1.29, 1.82) is 0 Å². The van der Waals surface area contributed by atoms with Crippen molar-refractivity contribution >= 4 is 70.4 Å². The van der Waals surface area contributed by atoms with Crippen LogP contribution >= 0.6 is 11.3 Å². The summed E-state index contributed by atoms with van der Waals surface area (Å²) in [4.78, 5) is 7.24. The van der Waals surface area contributed by atoms with E-state index < -0.39 is 0 Å². The molecule has 2 aromatic heterocycles. The predicted octanol–water partition coefficient (Wildman–Crippen LogP) is 13.8. The van der Waals surface area contributed by atoms with Crippen molar-refractivity contribution in [2.45, 2.75) is 0 Å². The monoisotopic (exact) mass is 670 g/mol. The number of oxazole rings is 1. The first kappa shape index (κ1) is 29.4. The van der Waals surface area contributed by atoms with Gasteiger partial charge in [-0.3, -0.25) is 0 Å². The molecule has 10 aromatic rings. The zero-order valence-electron chi connectivity index (χ0n) is 27.5. The summed E-state index contributed by atoms with van der Waals surface area (Å²) in [6.45, 7) is 0. The topological polar surface area (TPSA) is 29.3 Å². The number of benzene rings is 8. The van der Waals surface area contributed by atoms with Crippen LogP contribution in [0, 0.1) is 0 Å². The summed E-state index contributed by atoms with van der Waals surface area (Å²) in [6.07, 6.45) is 0. The summed E-state index contributed by atoms with van der Waals surface area (Å²) < 4.78 is 8.73. The van der Waals surface area contributed by atoms with Gasteiger partial charge in [0.25, 0.3) is 0 Å². The third-order valence-electron chi connectivity index (χ3n) is 9.71. The van der Waals surface area contributed by atoms with Gasteiger partial charge in [0.05, 0.1) is 0 Å². The first-order valence-corrected chi connectivity index (χ1v) is 17.9. The lowest BCUT2D eigenvalue weighted by atomic mass is 10.00. The number of nitrogens with zero attached hydrogens (tertiary/aromatic N) is 2. The van der Waals surface area contributed by atoms with E-state index in [1.54, 1.807) is 0 Å². The standard InChI is InChI=1S/C47H30N2OS/c1-3-9-31(10-4-1)32-15-21-37(22-16-32)49(39-25-27-42-41-13-7-8-14-44(41)51-45(42)30-39)38-23-17-33(18-24-38)35-19-26-40-36(29-35)20-28-43-46(40)48-47(50-43)34-11-5-2-6-12-34/h1-30H. The number of aromatic nitrogens is 1. The average Bonchev–Trinajstić information content (AvgIpc) is 3.81. The first-order valence-electron chi connectivity index (χ1n) is 17.1. The van der Waals surface area contributed by atoms with Crippen molar-refractivity contribution in [2.75, 3.05) is 4.90 Å². The molecule has 0 amide bonds. The zero-order chi connectivity index (χ0) is 33.7. The Bertz CT molecular complexity index is 2840. The molecule has 0 fully saturated rings. The van der Waals surface area contributed by atoms with Crippen molar-refractivity contribution in [3.05, 3.63) is 182 Å². The van der Waals surface area contributed by atoms with Crippen LogP contribution in [0.1, 0.15) is 0 Å². The van der Waals surface area contributed by atoms with E-state index in [1.807, 2.05) is 47.7 Å². The second-order valence-electron chi connectivity index (χ2n) is 12.8. The van der Waals surface area contributed by atoms with Crippen molar-refractivity contribution in [3.8, 4) is 33.7 Å². The molecular weight excluding hydrogens is 641 g/mol. The molecule has 240 valence electrons. The fourth-order valence-corrected chi connectivity index (χ4v) is 8.28. The Morgan fingerprint density at radius 3 is 1.73 bits per heavy atom. The van der Waals surface area contributed by atoms with E-state index in [9.17, 15) is 0 Å². The minimum absolute atomic E-state index is 0.642. The Balaban J connectivity index is 1.03. The van der Waals surface area contributed by atoms with Crippen LogP contribution in [0.25, 0.3) is 75.8 Å². The molecule has 0 aliphatic carbocycles. The van der Waals surface area contributed by atoms with E-state index in [1.165, 1.54) is 31.3 Å². The van der Waals surface area contributed by atoms with Gasteiger partial charge in [-0.1, -0.05) is 115 Å². The van der Waals surface area contributed by atoms with Gasteiger partial charge in [-0.2, -0.15) is 0 Å². The summed E-state index contributed by atoms with van der Waals surface area (Å²) in [5.74, 6) is 0.642. The quantitative estimate of drug-likeness (QED) is 0.176. The normalized spacial score (nSPS) is 11.5. The third kappa shape index (κ3) is 5.25. The Kier molecular flexibility index (Phi) is 7.00. The number of hydrogen-bond acceptors (Lipinski definition) is 4. The van der Waals surface area contributed by atoms with Crippen molar-refractivity contribution in [1.82, 2.24) is 4.98 Å². The van der Waals surface area contributed by atoms with Gasteiger partial charge in [-0.25, -0.2) is 4.98 Å². The van der Waals surface area contributed by atoms with Crippen LogP contribution in [-0.2, 0) is 0 Å². The molecule has 3 nitrogen and oxygen atoms in total. The van der Waals surface area contributed by atoms with Gasteiger partial charge < -0.3 is 9.32 Å². The molecule has 0 aliphatic heterocycles. The molecule has 51 heavy (non-hydrogen) atoms. The molecule has 8 aromatic carbocycles. The van der Waals surface area contributed by atoms with E-state index in [0.29, 0.717) is 5.89 Å². The van der Waals surface area contributed by atoms with Crippen LogP contribution in [0.4, 0.5) is 17.1 Å². The van der Waals surface area contributed by atoms with Crippen LogP contribution in [-0.4, -0.2) is 4.98 Å². The molecule has 0 bridgehead atoms. The molecule has 0 unspecified atom stereocenters. The molecule has 0 N–H and O–H groups in total. The van der Waals surface area contributed by atoms with Crippen LogP contribution in [0.5, 0.6) is 0 Å². The molecule has 0 saturated carbocycles. The second kappa shape index (κ2) is 12.1. The van der Waals surface area contributed by atoms with Crippen molar-refractivity contribution < 1.29 is 4.42 Å². The largest absolute Gasteiger partial charge is 0.436 e. The Hall–Kier alpha value is -6.49. The molecule has 2 heterocycles. The molecule has 0 spiro atoms. The minimum Gasteiger partial charge on any atom is -0.436 e. The minimum atomic E-state index is 0.642. The lowest BCUT2D eigenvalue weighted by molar-refractivity contribution is 0.620. The van der Waals surface area contributed by atoms with Gasteiger partial charge in [0.2, 0.25) is 5.89 Å². The van der Waals surface area contributed by atoms with Crippen LogP contribution in [0.15, 0.2) is 186 Å². The molecule has 0 aliphatic rings. The lowest BCUT2D eigenvalue weighted by Gasteiger charge is -2.26. The molecule has 4 heteroatoms. The van der Waals surface area contributed by atoms with E-state index in [-0.39, 0.29) is 0 Å². The fraction of sp³-hybridized carbons (Fsp3) is 0. The molecular formula is C47H30N2OS. The molecule has 0 radical (unpaired) electrons. The summed E-state index contributed by atoms with van der Waals surface area (Å²) in [5, 5.41) is 4.82. The van der Waals surface area contributed by atoms with Gasteiger partial charge in [0, 0.05) is 48.2 Å². The predicted molar refractivity (Wildman–Crippen MR) is 215 cm³/mol. The Morgan fingerprint density at radius 1 is 0.412 bits per heavy atom. The number of fused-ring (bicyclic) bond motifs is 6. The van der Waals surface area contributed by atoms with Crippen molar-refractivity contribution in [3.63, 3.8) is 0 Å². The highest BCUT2D eigenvalue weighted by atomic mass is 32.1. The van der Waals surface area contributed by atoms with Gasteiger partial charge >= 0.3 is 0 Å². The van der Waals surface area contributed by atoms with Gasteiger partial charge in [0.1, 0.15) is 5.52 Å². The second-order valence-corrected chi connectivity index (χ2v) is 13.9. The molecule has 10 rings (SSSR count). The van der Waals surface area contributed by atoms with Gasteiger partial charge in [-0.05, 0) is 94.4 Å². The summed E-state index contributed by atoms with van der Waals surface area (Å²) in [7, 11) is 0. The highest BCUT2D eigenvalue weighted by Gasteiger charge is 2.16. The number of rotatable bonds is 6. The number of thiophene rings is 1. The maximum Gasteiger partial charge on any atom is 0.227 e. The number of hydrogen-bond donors (Lipinski definition) is 0. The molecule has 0 saturated heterocycles. The van der Waals surface area contributed by atoms with E-state index in [4.69, 9.17) is 9.40 Å². The van der Waals surface area contributed by atoms with E-state index >= 15 is 0 Å². The summed E-state index contributed by atoms with van der Waals surface area (Å²) in [5.41, 5.74) is 10.7. The van der Waals surface area contributed by atoms with Crippen LogP contribution in [0.3, 0.4) is 0 Å². The lowest BCUT2D eigenvalue weighted by Crippen LogP contribution is -2.09. The van der Waals surface area contributed by atoms with Gasteiger partial charge in [0.15, 0.2) is 5.58 Å². The molecule has 0 atom stereocenters. The fourth-order valence-electron chi connectivity index (χ4n) is 7.14. The number of anilines is 3. The van der Waals surface area contributed by atoms with Crippen LogP contribution in [0.2, 0.25) is 0 Å². The first-order chi connectivity index (χ1) is 25.2.